The first-order valence-corrected chi connectivity index (χ1v) is 6.41. The predicted octanol–water partition coefficient (Wildman–Crippen LogP) is 3.42. The summed E-state index contributed by atoms with van der Waals surface area (Å²) in [6.07, 6.45) is 1.08. The second-order valence-electron chi connectivity index (χ2n) is 2.99. The molecule has 0 aliphatic carbocycles. The number of halogens is 2. The molecule has 0 unspecified atom stereocenters. The molecule has 0 nitrogen and oxygen atoms in total. The lowest BCUT2D eigenvalue weighted by molar-refractivity contribution is 1.12. The number of hydrogen-bond acceptors (Lipinski definition) is 0. The Hall–Kier alpha value is 0.0169. The van der Waals surface area contributed by atoms with Crippen molar-refractivity contribution < 1.29 is 0 Å². The van der Waals surface area contributed by atoms with Crippen LogP contribution in [0.5, 0.6) is 0 Å². The lowest BCUT2D eigenvalue weighted by Crippen LogP contribution is -2.02. The van der Waals surface area contributed by atoms with Crippen LogP contribution in [0.25, 0.3) is 0 Å². The summed E-state index contributed by atoms with van der Waals surface area (Å²) < 4.78 is -0.189. The quantitative estimate of drug-likeness (QED) is 0.550. The Bertz CT molecular complexity index is 244. The zero-order valence-corrected chi connectivity index (χ0v) is 10.1. The van der Waals surface area contributed by atoms with E-state index in [9.17, 15) is 0 Å². The highest BCUT2D eigenvalue weighted by Gasteiger charge is 2.00. The Labute approximate surface area is 92.1 Å². The molecule has 0 saturated heterocycles. The van der Waals surface area contributed by atoms with Crippen molar-refractivity contribution in [2.24, 2.45) is 0 Å². The van der Waals surface area contributed by atoms with Gasteiger partial charge in [0.05, 0.1) is 14.0 Å². The fourth-order valence-electron chi connectivity index (χ4n) is 1.08. The van der Waals surface area contributed by atoms with Crippen molar-refractivity contribution in [2.75, 3.05) is 0 Å². The Morgan fingerprint density at radius 3 is 2.38 bits per heavy atom. The molecular formula is C10H12Cl2Si. The average molecular weight is 231 g/mol. The summed E-state index contributed by atoms with van der Waals surface area (Å²) in [5.74, 6) is 0. The van der Waals surface area contributed by atoms with Gasteiger partial charge in [-0.3, -0.25) is 0 Å². The number of alkyl halides is 2. The van der Waals surface area contributed by atoms with E-state index in [2.05, 4.69) is 31.2 Å². The van der Waals surface area contributed by atoms with Crippen LogP contribution in [0.1, 0.15) is 11.1 Å². The molecule has 0 atom stereocenters. The Kier molecular flexibility index (Phi) is 4.85. The van der Waals surface area contributed by atoms with E-state index < -0.39 is 0 Å². The van der Waals surface area contributed by atoms with Gasteiger partial charge in [0.25, 0.3) is 0 Å². The van der Waals surface area contributed by atoms with E-state index in [1.165, 1.54) is 11.1 Å². The molecule has 0 amide bonds. The summed E-state index contributed by atoms with van der Waals surface area (Å²) in [5, 5.41) is 0. The number of rotatable bonds is 4. The van der Waals surface area contributed by atoms with Gasteiger partial charge in [-0.25, -0.2) is 0 Å². The van der Waals surface area contributed by atoms with Crippen LogP contribution in [-0.4, -0.2) is 14.0 Å². The van der Waals surface area contributed by atoms with Crippen LogP contribution in [0.4, 0.5) is 0 Å². The zero-order chi connectivity index (χ0) is 9.68. The van der Waals surface area contributed by atoms with Crippen LogP contribution in [0.2, 0.25) is 6.04 Å². The van der Waals surface area contributed by atoms with Crippen molar-refractivity contribution in [1.29, 1.82) is 0 Å². The Morgan fingerprint density at radius 1 is 1.23 bits per heavy atom. The Morgan fingerprint density at radius 2 is 1.85 bits per heavy atom. The maximum atomic E-state index is 5.65. The van der Waals surface area contributed by atoms with Gasteiger partial charge in [0.1, 0.15) is 0 Å². The maximum absolute atomic E-state index is 5.65. The highest BCUT2D eigenvalue weighted by atomic mass is 35.5. The minimum Gasteiger partial charge on any atom is -0.110 e. The summed E-state index contributed by atoms with van der Waals surface area (Å²) in [6.45, 7) is 2.10. The molecule has 0 fully saturated rings. The topological polar surface area (TPSA) is 0 Å². The summed E-state index contributed by atoms with van der Waals surface area (Å²) in [7, 11) is 0.642. The highest BCUT2D eigenvalue weighted by Crippen LogP contribution is 2.08. The second kappa shape index (κ2) is 5.69. The van der Waals surface area contributed by atoms with Gasteiger partial charge in [-0.05, 0) is 18.9 Å². The number of aryl methyl sites for hydroxylation is 2. The van der Waals surface area contributed by atoms with Crippen molar-refractivity contribution in [3.63, 3.8) is 0 Å². The van der Waals surface area contributed by atoms with Crippen molar-refractivity contribution in [2.45, 2.75) is 23.8 Å². The largest absolute Gasteiger partial charge is 0.110 e. The van der Waals surface area contributed by atoms with E-state index >= 15 is 0 Å². The van der Waals surface area contributed by atoms with Crippen molar-refractivity contribution in [1.82, 2.24) is 0 Å². The molecule has 1 aromatic rings. The molecule has 0 aliphatic rings. The number of benzene rings is 1. The zero-order valence-electron chi connectivity index (χ0n) is 7.56. The molecule has 0 N–H and O–H groups in total. The summed E-state index contributed by atoms with van der Waals surface area (Å²) >= 11 is 11.3. The van der Waals surface area contributed by atoms with Gasteiger partial charge in [-0.1, -0.05) is 35.9 Å². The predicted molar refractivity (Wildman–Crippen MR) is 60.9 cm³/mol. The third-order valence-electron chi connectivity index (χ3n) is 1.83. The molecule has 0 aliphatic heterocycles. The van der Waals surface area contributed by atoms with Gasteiger partial charge in [-0.15, -0.1) is 23.2 Å². The van der Waals surface area contributed by atoms with E-state index in [1.807, 2.05) is 0 Å². The second-order valence-corrected chi connectivity index (χ2v) is 6.30. The standard InChI is InChI=1S/C10H12Cl2Si/c1-8-2-4-9(5-3-8)6-7-13-10(11)12/h2-5,10H,6-7H2,1H3. The van der Waals surface area contributed by atoms with Crippen molar-refractivity contribution in [3.05, 3.63) is 35.4 Å². The Balaban J connectivity index is 2.33. The van der Waals surface area contributed by atoms with Crippen LogP contribution >= 0.6 is 23.2 Å². The van der Waals surface area contributed by atoms with E-state index in [0.29, 0.717) is 9.52 Å². The minimum atomic E-state index is -0.189. The van der Waals surface area contributed by atoms with Crippen LogP contribution in [-0.2, 0) is 6.42 Å². The van der Waals surface area contributed by atoms with E-state index in [-0.39, 0.29) is 4.46 Å². The molecule has 2 radical (unpaired) electrons. The average Bonchev–Trinajstić information content (AvgIpc) is 2.08. The fraction of sp³-hybridized carbons (Fsp3) is 0.400. The maximum Gasteiger partial charge on any atom is 0.0929 e. The molecule has 0 aromatic heterocycles. The molecule has 0 heterocycles. The van der Waals surface area contributed by atoms with E-state index in [1.54, 1.807) is 0 Å². The molecule has 0 bridgehead atoms. The smallest absolute Gasteiger partial charge is 0.0929 e. The first-order valence-electron chi connectivity index (χ1n) is 4.25. The monoisotopic (exact) mass is 230 g/mol. The molecule has 0 spiro atoms. The third-order valence-corrected chi connectivity index (χ3v) is 3.61. The minimum absolute atomic E-state index is 0.189. The SMILES string of the molecule is Cc1ccc(CC[Si]C(Cl)Cl)cc1. The number of hydrogen-bond donors (Lipinski definition) is 0. The van der Waals surface area contributed by atoms with Crippen molar-refractivity contribution in [3.8, 4) is 0 Å². The van der Waals surface area contributed by atoms with Crippen LogP contribution in [0, 0.1) is 6.92 Å². The molecule has 1 rings (SSSR count). The lowest BCUT2D eigenvalue weighted by Gasteiger charge is -2.01. The summed E-state index contributed by atoms with van der Waals surface area (Å²) in [6, 6.07) is 9.68. The van der Waals surface area contributed by atoms with Gasteiger partial charge in [-0.2, -0.15) is 0 Å². The highest BCUT2D eigenvalue weighted by molar-refractivity contribution is 6.68. The lowest BCUT2D eigenvalue weighted by atomic mass is 10.1. The molecule has 13 heavy (non-hydrogen) atoms. The van der Waals surface area contributed by atoms with Crippen molar-refractivity contribution >= 4 is 32.7 Å². The van der Waals surface area contributed by atoms with E-state index in [0.717, 1.165) is 12.5 Å². The van der Waals surface area contributed by atoms with Crippen LogP contribution in [0.3, 0.4) is 0 Å². The summed E-state index contributed by atoms with van der Waals surface area (Å²) in [5.41, 5.74) is 2.67. The summed E-state index contributed by atoms with van der Waals surface area (Å²) in [4.78, 5) is 0. The first kappa shape index (κ1) is 11.1. The van der Waals surface area contributed by atoms with Gasteiger partial charge >= 0.3 is 0 Å². The van der Waals surface area contributed by atoms with Gasteiger partial charge in [0, 0.05) is 0 Å². The molecule has 1 aromatic carbocycles. The third kappa shape index (κ3) is 4.70. The molecular weight excluding hydrogens is 219 g/mol. The fourth-order valence-corrected chi connectivity index (χ4v) is 2.39. The molecule has 70 valence electrons. The molecule has 0 saturated carbocycles. The molecule has 3 heteroatoms. The first-order chi connectivity index (χ1) is 6.18. The van der Waals surface area contributed by atoms with Crippen LogP contribution < -0.4 is 0 Å². The van der Waals surface area contributed by atoms with E-state index in [4.69, 9.17) is 23.2 Å². The van der Waals surface area contributed by atoms with Crippen LogP contribution in [0.15, 0.2) is 24.3 Å². The van der Waals surface area contributed by atoms with Gasteiger partial charge < -0.3 is 0 Å². The van der Waals surface area contributed by atoms with Gasteiger partial charge in [0.15, 0.2) is 0 Å². The normalized spacial score (nSPS) is 10.8. The van der Waals surface area contributed by atoms with Gasteiger partial charge in [0.2, 0.25) is 0 Å².